The quantitative estimate of drug-likeness (QED) is 0.603. The SMILES string of the molecule is C=CC[Si](C)(C)CCOc1ccc(O)cc1. The van der Waals surface area contributed by atoms with E-state index in [1.54, 1.807) is 24.3 Å². The van der Waals surface area contributed by atoms with E-state index in [1.807, 2.05) is 6.08 Å². The fraction of sp³-hybridized carbons (Fsp3) is 0.385. The minimum Gasteiger partial charge on any atom is -0.508 e. The van der Waals surface area contributed by atoms with Crippen LogP contribution in [0.25, 0.3) is 0 Å². The van der Waals surface area contributed by atoms with Crippen LogP contribution in [0.3, 0.4) is 0 Å². The number of hydrogen-bond acceptors (Lipinski definition) is 2. The molecule has 0 aromatic heterocycles. The van der Waals surface area contributed by atoms with Crippen LogP contribution in [-0.4, -0.2) is 19.8 Å². The zero-order valence-corrected chi connectivity index (χ0v) is 11.1. The van der Waals surface area contributed by atoms with Gasteiger partial charge < -0.3 is 9.84 Å². The summed E-state index contributed by atoms with van der Waals surface area (Å²) >= 11 is 0. The van der Waals surface area contributed by atoms with E-state index in [0.29, 0.717) is 0 Å². The summed E-state index contributed by atoms with van der Waals surface area (Å²) in [4.78, 5) is 0. The summed E-state index contributed by atoms with van der Waals surface area (Å²) in [6.45, 7) is 9.22. The summed E-state index contributed by atoms with van der Waals surface area (Å²) in [5, 5.41) is 9.12. The van der Waals surface area contributed by atoms with Gasteiger partial charge in [-0.1, -0.05) is 19.2 Å². The van der Waals surface area contributed by atoms with E-state index in [0.717, 1.165) is 24.4 Å². The summed E-state index contributed by atoms with van der Waals surface area (Å²) in [6, 6.07) is 9.11. The molecule has 0 saturated carbocycles. The fourth-order valence-corrected chi connectivity index (χ4v) is 3.12. The summed E-state index contributed by atoms with van der Waals surface area (Å²) < 4.78 is 5.63. The molecular weight excluding hydrogens is 216 g/mol. The van der Waals surface area contributed by atoms with Crippen molar-refractivity contribution < 1.29 is 9.84 Å². The Morgan fingerprint density at radius 2 is 1.94 bits per heavy atom. The third-order valence-corrected chi connectivity index (χ3v) is 5.53. The van der Waals surface area contributed by atoms with E-state index in [1.165, 1.54) is 0 Å². The molecule has 0 aliphatic heterocycles. The van der Waals surface area contributed by atoms with E-state index in [4.69, 9.17) is 9.84 Å². The molecule has 0 atom stereocenters. The maximum atomic E-state index is 9.12. The molecule has 3 heteroatoms. The van der Waals surface area contributed by atoms with Gasteiger partial charge in [0.1, 0.15) is 11.5 Å². The molecule has 0 radical (unpaired) electrons. The van der Waals surface area contributed by atoms with Gasteiger partial charge in [0.25, 0.3) is 0 Å². The molecule has 1 N–H and O–H groups in total. The van der Waals surface area contributed by atoms with Gasteiger partial charge in [-0.15, -0.1) is 6.58 Å². The smallest absolute Gasteiger partial charge is 0.119 e. The number of allylic oxidation sites excluding steroid dienone is 1. The standard InChI is InChI=1S/C13H20O2Si/c1-4-10-16(2,3)11-9-15-13-7-5-12(14)6-8-13/h4-8,14H,1,9-11H2,2-3H3. The van der Waals surface area contributed by atoms with Crippen LogP contribution in [0.15, 0.2) is 36.9 Å². The third-order valence-electron chi connectivity index (χ3n) is 2.58. The zero-order chi connectivity index (χ0) is 12.0. The predicted molar refractivity (Wildman–Crippen MR) is 70.9 cm³/mol. The lowest BCUT2D eigenvalue weighted by atomic mass is 10.3. The number of aromatic hydroxyl groups is 1. The lowest BCUT2D eigenvalue weighted by Crippen LogP contribution is -2.26. The van der Waals surface area contributed by atoms with Crippen LogP contribution in [0.5, 0.6) is 11.5 Å². The molecule has 2 nitrogen and oxygen atoms in total. The van der Waals surface area contributed by atoms with Crippen molar-refractivity contribution in [1.82, 2.24) is 0 Å². The summed E-state index contributed by atoms with van der Waals surface area (Å²) in [7, 11) is -1.16. The molecule has 1 aromatic rings. The fourth-order valence-electron chi connectivity index (χ4n) is 1.48. The van der Waals surface area contributed by atoms with Gasteiger partial charge in [0.2, 0.25) is 0 Å². The van der Waals surface area contributed by atoms with Crippen molar-refractivity contribution in [3.63, 3.8) is 0 Å². The first-order valence-corrected chi connectivity index (χ1v) is 8.98. The highest BCUT2D eigenvalue weighted by atomic mass is 28.3. The second-order valence-corrected chi connectivity index (χ2v) is 9.99. The van der Waals surface area contributed by atoms with Gasteiger partial charge in [0.05, 0.1) is 14.7 Å². The predicted octanol–water partition coefficient (Wildman–Crippen LogP) is 3.67. The van der Waals surface area contributed by atoms with Crippen molar-refractivity contribution in [1.29, 1.82) is 0 Å². The van der Waals surface area contributed by atoms with Crippen LogP contribution in [0, 0.1) is 0 Å². The molecule has 0 fully saturated rings. The Morgan fingerprint density at radius 1 is 1.31 bits per heavy atom. The molecule has 16 heavy (non-hydrogen) atoms. The number of rotatable bonds is 6. The Kier molecular flexibility index (Phi) is 4.62. The molecule has 0 unspecified atom stereocenters. The van der Waals surface area contributed by atoms with Crippen molar-refractivity contribution in [2.45, 2.75) is 25.2 Å². The first-order valence-electron chi connectivity index (χ1n) is 5.56. The van der Waals surface area contributed by atoms with E-state index in [9.17, 15) is 0 Å². The maximum Gasteiger partial charge on any atom is 0.119 e. The molecule has 0 bridgehead atoms. The normalized spacial score (nSPS) is 11.1. The molecule has 1 rings (SSSR count). The highest BCUT2D eigenvalue weighted by molar-refractivity contribution is 6.77. The average molecular weight is 236 g/mol. The number of phenolic OH excluding ortho intramolecular Hbond substituents is 1. The minimum atomic E-state index is -1.16. The Hall–Kier alpha value is -1.22. The first kappa shape index (κ1) is 12.8. The first-order chi connectivity index (χ1) is 7.53. The monoisotopic (exact) mass is 236 g/mol. The Morgan fingerprint density at radius 3 is 2.50 bits per heavy atom. The largest absolute Gasteiger partial charge is 0.508 e. The zero-order valence-electron chi connectivity index (χ0n) is 10.1. The van der Waals surface area contributed by atoms with Crippen molar-refractivity contribution in [2.75, 3.05) is 6.61 Å². The molecule has 1 aromatic carbocycles. The molecule has 0 aliphatic rings. The van der Waals surface area contributed by atoms with E-state index < -0.39 is 8.07 Å². The summed E-state index contributed by atoms with van der Waals surface area (Å²) in [5.41, 5.74) is 0. The minimum absolute atomic E-state index is 0.272. The van der Waals surface area contributed by atoms with E-state index in [2.05, 4.69) is 19.7 Å². The van der Waals surface area contributed by atoms with Gasteiger partial charge in [0, 0.05) is 0 Å². The molecule has 0 spiro atoms. The Balaban J connectivity index is 2.35. The summed E-state index contributed by atoms with van der Waals surface area (Å²) in [5.74, 6) is 1.09. The highest BCUT2D eigenvalue weighted by Crippen LogP contribution is 2.19. The van der Waals surface area contributed by atoms with Gasteiger partial charge >= 0.3 is 0 Å². The van der Waals surface area contributed by atoms with Gasteiger partial charge in [0.15, 0.2) is 0 Å². The van der Waals surface area contributed by atoms with E-state index >= 15 is 0 Å². The average Bonchev–Trinajstić information content (AvgIpc) is 2.20. The number of hydrogen-bond donors (Lipinski definition) is 1. The molecule has 0 heterocycles. The van der Waals surface area contributed by atoms with Crippen LogP contribution in [0.1, 0.15) is 0 Å². The van der Waals surface area contributed by atoms with Gasteiger partial charge in [-0.05, 0) is 36.4 Å². The van der Waals surface area contributed by atoms with Crippen LogP contribution < -0.4 is 4.74 Å². The van der Waals surface area contributed by atoms with Crippen LogP contribution in [0.4, 0.5) is 0 Å². The van der Waals surface area contributed by atoms with Crippen LogP contribution in [-0.2, 0) is 0 Å². The van der Waals surface area contributed by atoms with Gasteiger partial charge in [-0.25, -0.2) is 0 Å². The maximum absolute atomic E-state index is 9.12. The molecular formula is C13H20O2Si. The highest BCUT2D eigenvalue weighted by Gasteiger charge is 2.18. The topological polar surface area (TPSA) is 29.5 Å². The number of ether oxygens (including phenoxy) is 1. The number of phenols is 1. The van der Waals surface area contributed by atoms with Crippen LogP contribution in [0.2, 0.25) is 25.2 Å². The Bertz CT molecular complexity index is 330. The lowest BCUT2D eigenvalue weighted by Gasteiger charge is -2.20. The van der Waals surface area contributed by atoms with Crippen molar-refractivity contribution in [2.24, 2.45) is 0 Å². The lowest BCUT2D eigenvalue weighted by molar-refractivity contribution is 0.337. The van der Waals surface area contributed by atoms with Crippen LogP contribution >= 0.6 is 0 Å². The van der Waals surface area contributed by atoms with E-state index in [-0.39, 0.29) is 5.75 Å². The van der Waals surface area contributed by atoms with Crippen molar-refractivity contribution >= 4 is 8.07 Å². The third kappa shape index (κ3) is 4.53. The van der Waals surface area contributed by atoms with Gasteiger partial charge in [-0.3, -0.25) is 0 Å². The van der Waals surface area contributed by atoms with Gasteiger partial charge in [-0.2, -0.15) is 0 Å². The second kappa shape index (κ2) is 5.75. The molecule has 0 aliphatic carbocycles. The van der Waals surface area contributed by atoms with Crippen molar-refractivity contribution in [3.8, 4) is 11.5 Å². The number of benzene rings is 1. The molecule has 0 saturated heterocycles. The second-order valence-electron chi connectivity index (χ2n) is 4.75. The summed E-state index contributed by atoms with van der Waals surface area (Å²) in [6.07, 6.45) is 2.01. The van der Waals surface area contributed by atoms with Crippen molar-refractivity contribution in [3.05, 3.63) is 36.9 Å². The molecule has 0 amide bonds. The molecule has 88 valence electrons. The Labute approximate surface area is 98.6 Å².